The van der Waals surface area contributed by atoms with Crippen molar-refractivity contribution >= 4 is 15.9 Å². The van der Waals surface area contributed by atoms with Crippen LogP contribution < -0.4 is 5.73 Å². The fraction of sp³-hybridized carbons (Fsp3) is 0.857. The molecule has 3 N–H and O–H groups in total. The predicted octanol–water partition coefficient (Wildman–Crippen LogP) is -0.969. The van der Waals surface area contributed by atoms with Gasteiger partial charge in [-0.15, -0.1) is 0 Å². The molecule has 0 aromatic heterocycles. The van der Waals surface area contributed by atoms with Crippen LogP contribution in [0.2, 0.25) is 0 Å². The van der Waals surface area contributed by atoms with Crippen LogP contribution >= 0.6 is 0 Å². The molecule has 90 valence electrons. The van der Waals surface area contributed by atoms with Crippen LogP contribution in [-0.4, -0.2) is 56.8 Å². The van der Waals surface area contributed by atoms with Gasteiger partial charge in [-0.3, -0.25) is 0 Å². The van der Waals surface area contributed by atoms with Crippen LogP contribution in [0.1, 0.15) is 6.42 Å². The smallest absolute Gasteiger partial charge is 0.211 e. The van der Waals surface area contributed by atoms with Crippen molar-refractivity contribution < 1.29 is 18.4 Å². The first kappa shape index (κ1) is 14.1. The Hall–Kier alpha value is -0.860. The number of ether oxygens (including phenoxy) is 1. The van der Waals surface area contributed by atoms with Gasteiger partial charge in [0, 0.05) is 26.6 Å². The Morgan fingerprint density at radius 2 is 2.13 bits per heavy atom. The third kappa shape index (κ3) is 6.26. The van der Waals surface area contributed by atoms with Crippen LogP contribution in [0, 0.1) is 0 Å². The summed E-state index contributed by atoms with van der Waals surface area (Å²) in [6.45, 7) is 0.745. The molecule has 0 spiro atoms. The molecule has 0 atom stereocenters. The molecule has 0 aromatic rings. The van der Waals surface area contributed by atoms with E-state index >= 15 is 0 Å². The second-order valence-electron chi connectivity index (χ2n) is 3.00. The van der Waals surface area contributed by atoms with E-state index in [2.05, 4.69) is 5.16 Å². The zero-order valence-corrected chi connectivity index (χ0v) is 9.70. The molecule has 0 fully saturated rings. The molecule has 0 saturated heterocycles. The van der Waals surface area contributed by atoms with Gasteiger partial charge in [0.05, 0.1) is 12.9 Å². The van der Waals surface area contributed by atoms with Crippen molar-refractivity contribution in [2.24, 2.45) is 10.9 Å². The lowest BCUT2D eigenvalue weighted by molar-refractivity contribution is 0.180. The molecule has 0 radical (unpaired) electrons. The molecule has 0 rings (SSSR count). The quantitative estimate of drug-likeness (QED) is 0.257. The van der Waals surface area contributed by atoms with Crippen molar-refractivity contribution in [1.82, 2.24) is 4.31 Å². The third-order valence-corrected chi connectivity index (χ3v) is 3.06. The van der Waals surface area contributed by atoms with E-state index in [1.165, 1.54) is 11.4 Å². The molecule has 0 amide bonds. The van der Waals surface area contributed by atoms with Gasteiger partial charge in [0.1, 0.15) is 5.84 Å². The first-order valence-corrected chi connectivity index (χ1v) is 6.17. The van der Waals surface area contributed by atoms with Crippen LogP contribution in [0.25, 0.3) is 0 Å². The Bertz CT molecular complexity index is 301. The molecule has 0 aliphatic carbocycles. The molecule has 0 aliphatic rings. The lowest BCUT2D eigenvalue weighted by Gasteiger charge is -2.18. The molecule has 0 heterocycles. The van der Waals surface area contributed by atoms with Gasteiger partial charge in [-0.1, -0.05) is 5.16 Å². The SMILES string of the molecule is COCCN(CCC(N)=NO)S(C)(=O)=O. The molecular formula is C7H17N3O4S. The van der Waals surface area contributed by atoms with Gasteiger partial charge in [0.2, 0.25) is 10.0 Å². The highest BCUT2D eigenvalue weighted by molar-refractivity contribution is 7.88. The maximum atomic E-state index is 11.3. The number of oxime groups is 1. The van der Waals surface area contributed by atoms with Crippen LogP contribution in [0.4, 0.5) is 0 Å². The Kier molecular flexibility index (Phi) is 6.21. The lowest BCUT2D eigenvalue weighted by Crippen LogP contribution is -2.35. The second-order valence-corrected chi connectivity index (χ2v) is 4.98. The van der Waals surface area contributed by atoms with Gasteiger partial charge in [-0.05, 0) is 0 Å². The van der Waals surface area contributed by atoms with Gasteiger partial charge in [0.25, 0.3) is 0 Å². The minimum atomic E-state index is -3.28. The van der Waals surface area contributed by atoms with E-state index in [0.717, 1.165) is 6.26 Å². The number of hydrogen-bond acceptors (Lipinski definition) is 5. The van der Waals surface area contributed by atoms with Gasteiger partial charge in [-0.2, -0.15) is 4.31 Å². The third-order valence-electron chi connectivity index (χ3n) is 1.76. The van der Waals surface area contributed by atoms with Gasteiger partial charge >= 0.3 is 0 Å². The van der Waals surface area contributed by atoms with Crippen molar-refractivity contribution in [3.63, 3.8) is 0 Å². The summed E-state index contributed by atoms with van der Waals surface area (Å²) >= 11 is 0. The number of nitrogens with two attached hydrogens (primary N) is 1. The van der Waals surface area contributed by atoms with Gasteiger partial charge in [-0.25, -0.2) is 8.42 Å². The van der Waals surface area contributed by atoms with E-state index in [9.17, 15) is 8.42 Å². The second kappa shape index (κ2) is 6.59. The van der Waals surface area contributed by atoms with Crippen molar-refractivity contribution in [2.75, 3.05) is 33.1 Å². The van der Waals surface area contributed by atoms with Crippen molar-refractivity contribution in [3.05, 3.63) is 0 Å². The predicted molar refractivity (Wildman–Crippen MR) is 56.3 cm³/mol. The Labute approximate surface area is 89.5 Å². The highest BCUT2D eigenvalue weighted by Crippen LogP contribution is 1.99. The molecule has 0 bridgehead atoms. The lowest BCUT2D eigenvalue weighted by atomic mass is 10.4. The summed E-state index contributed by atoms with van der Waals surface area (Å²) in [6, 6.07) is 0. The minimum absolute atomic E-state index is 0.000988. The number of nitrogens with zero attached hydrogens (tertiary/aromatic N) is 2. The van der Waals surface area contributed by atoms with Crippen molar-refractivity contribution in [2.45, 2.75) is 6.42 Å². The van der Waals surface area contributed by atoms with E-state index in [1.807, 2.05) is 0 Å². The first-order chi connectivity index (χ1) is 6.91. The zero-order valence-electron chi connectivity index (χ0n) is 8.88. The average molecular weight is 239 g/mol. The summed E-state index contributed by atoms with van der Waals surface area (Å²) in [6.07, 6.45) is 1.29. The van der Waals surface area contributed by atoms with Crippen LogP contribution in [0.15, 0.2) is 5.16 Å². The maximum absolute atomic E-state index is 11.3. The average Bonchev–Trinajstić information content (AvgIpc) is 2.15. The van der Waals surface area contributed by atoms with E-state index in [4.69, 9.17) is 15.7 Å². The van der Waals surface area contributed by atoms with Crippen LogP contribution in [0.3, 0.4) is 0 Å². The highest BCUT2D eigenvalue weighted by Gasteiger charge is 2.16. The summed E-state index contributed by atoms with van der Waals surface area (Å²) in [5.41, 5.74) is 5.24. The highest BCUT2D eigenvalue weighted by atomic mass is 32.2. The summed E-state index contributed by atoms with van der Waals surface area (Å²) in [5, 5.41) is 11.1. The largest absolute Gasteiger partial charge is 0.409 e. The number of methoxy groups -OCH3 is 1. The fourth-order valence-corrected chi connectivity index (χ4v) is 1.75. The summed E-state index contributed by atoms with van der Waals surface area (Å²) in [5.74, 6) is 0.000988. The maximum Gasteiger partial charge on any atom is 0.211 e. The minimum Gasteiger partial charge on any atom is -0.409 e. The first-order valence-electron chi connectivity index (χ1n) is 4.32. The normalized spacial score (nSPS) is 13.4. The summed E-state index contributed by atoms with van der Waals surface area (Å²) in [7, 11) is -1.79. The van der Waals surface area contributed by atoms with Gasteiger partial charge in [0.15, 0.2) is 0 Å². The molecule has 8 heteroatoms. The van der Waals surface area contributed by atoms with E-state index in [0.29, 0.717) is 6.61 Å². The van der Waals surface area contributed by atoms with E-state index in [1.54, 1.807) is 0 Å². The molecule has 0 aromatic carbocycles. The number of amidine groups is 1. The van der Waals surface area contributed by atoms with E-state index in [-0.39, 0.29) is 25.3 Å². The molecule has 7 nitrogen and oxygen atoms in total. The van der Waals surface area contributed by atoms with Crippen LogP contribution in [-0.2, 0) is 14.8 Å². The number of hydrogen-bond donors (Lipinski definition) is 2. The summed E-state index contributed by atoms with van der Waals surface area (Å²) in [4.78, 5) is 0. The molecule has 0 aliphatic heterocycles. The molecule has 0 saturated carbocycles. The van der Waals surface area contributed by atoms with E-state index < -0.39 is 10.0 Å². The number of rotatable bonds is 7. The van der Waals surface area contributed by atoms with Crippen molar-refractivity contribution in [1.29, 1.82) is 0 Å². The number of sulfonamides is 1. The molecule has 15 heavy (non-hydrogen) atoms. The molecular weight excluding hydrogens is 222 g/mol. The fourth-order valence-electron chi connectivity index (χ4n) is 0.926. The molecule has 0 unspecified atom stereocenters. The Balaban J connectivity index is 4.27. The standard InChI is InChI=1S/C7H17N3O4S/c1-14-6-5-10(15(2,12)13)4-3-7(8)9-11/h11H,3-6H2,1-2H3,(H2,8,9). The zero-order chi connectivity index (χ0) is 11.9. The van der Waals surface area contributed by atoms with Crippen LogP contribution in [0.5, 0.6) is 0 Å². The topological polar surface area (TPSA) is 105 Å². The van der Waals surface area contributed by atoms with Crippen molar-refractivity contribution in [3.8, 4) is 0 Å². The monoisotopic (exact) mass is 239 g/mol. The summed E-state index contributed by atoms with van der Waals surface area (Å²) < 4.78 is 28.5. The Morgan fingerprint density at radius 1 is 1.53 bits per heavy atom. The van der Waals surface area contributed by atoms with Gasteiger partial charge < -0.3 is 15.7 Å². The Morgan fingerprint density at radius 3 is 2.53 bits per heavy atom.